The van der Waals surface area contributed by atoms with Crippen LogP contribution < -0.4 is 9.80 Å². The number of halogens is 3. The van der Waals surface area contributed by atoms with Crippen LogP contribution in [0.3, 0.4) is 0 Å². The van der Waals surface area contributed by atoms with Crippen LogP contribution in [0.2, 0.25) is 0 Å². The summed E-state index contributed by atoms with van der Waals surface area (Å²) in [6, 6.07) is 9.11. The molecule has 1 aromatic carbocycles. The molecular weight excluding hydrogens is 437 g/mol. The number of nitriles is 1. The number of pyridine rings is 1. The zero-order valence-electron chi connectivity index (χ0n) is 17.5. The number of morpholine rings is 1. The maximum absolute atomic E-state index is 14.4. The third-order valence-corrected chi connectivity index (χ3v) is 7.17. The molecule has 2 aromatic heterocycles. The maximum Gasteiger partial charge on any atom is 0.397 e. The van der Waals surface area contributed by atoms with Crippen LogP contribution >= 0.6 is 0 Å². The van der Waals surface area contributed by atoms with Crippen molar-refractivity contribution in [1.82, 2.24) is 15.2 Å². The first kappa shape index (κ1) is 20.2. The molecule has 1 aliphatic carbocycles. The highest BCUT2D eigenvalue weighted by Crippen LogP contribution is 2.75. The predicted molar refractivity (Wildman–Crippen MR) is 111 cm³/mol. The lowest BCUT2D eigenvalue weighted by atomic mass is 9.95. The number of hydrogen-bond acceptors (Lipinski definition) is 8. The molecule has 8 nitrogen and oxygen atoms in total. The Bertz CT molecular complexity index is 1280. The zero-order chi connectivity index (χ0) is 22.8. The maximum atomic E-state index is 14.4. The van der Waals surface area contributed by atoms with Gasteiger partial charge in [0, 0.05) is 43.4 Å². The summed E-state index contributed by atoms with van der Waals surface area (Å²) in [4.78, 5) is 7.83. The van der Waals surface area contributed by atoms with Crippen molar-refractivity contribution in [2.75, 3.05) is 49.2 Å². The number of piperidine rings is 1. The summed E-state index contributed by atoms with van der Waals surface area (Å²) in [5.41, 5.74) is -1.80. The van der Waals surface area contributed by atoms with Crippen molar-refractivity contribution < 1.29 is 22.3 Å². The van der Waals surface area contributed by atoms with Gasteiger partial charge in [-0.1, -0.05) is 5.10 Å². The van der Waals surface area contributed by atoms with Crippen LogP contribution in [0.4, 0.5) is 24.9 Å². The van der Waals surface area contributed by atoms with Crippen LogP contribution in [0.25, 0.3) is 10.9 Å². The summed E-state index contributed by atoms with van der Waals surface area (Å²) in [5.74, 6) is 0.0277. The number of fused-ring (bicyclic) bond motifs is 2. The van der Waals surface area contributed by atoms with Crippen molar-refractivity contribution in [1.29, 1.82) is 5.26 Å². The van der Waals surface area contributed by atoms with Crippen LogP contribution in [0.5, 0.6) is 0 Å². The Morgan fingerprint density at radius 3 is 2.64 bits per heavy atom. The first-order chi connectivity index (χ1) is 15.9. The van der Waals surface area contributed by atoms with E-state index in [-0.39, 0.29) is 31.4 Å². The van der Waals surface area contributed by atoms with Gasteiger partial charge in [-0.25, -0.2) is 0 Å². The number of ether oxygens (including phenoxy) is 1. The largest absolute Gasteiger partial charge is 0.407 e. The molecule has 33 heavy (non-hydrogen) atoms. The molecule has 0 spiro atoms. The fraction of sp³-hybridized carbons (Fsp3) is 0.455. The number of nitrogens with zero attached hydrogens (tertiary/aromatic N) is 6. The molecule has 170 valence electrons. The van der Waals surface area contributed by atoms with Crippen LogP contribution in [0, 0.1) is 16.7 Å². The molecule has 2 saturated heterocycles. The van der Waals surface area contributed by atoms with Gasteiger partial charge in [0.1, 0.15) is 11.5 Å². The fourth-order valence-electron chi connectivity index (χ4n) is 5.39. The van der Waals surface area contributed by atoms with Crippen molar-refractivity contribution in [3.63, 3.8) is 0 Å². The minimum atomic E-state index is -4.43. The highest BCUT2D eigenvalue weighted by Gasteiger charge is 2.86. The van der Waals surface area contributed by atoms with Gasteiger partial charge in [0.05, 0.1) is 29.7 Å². The third kappa shape index (κ3) is 2.76. The Kier molecular flexibility index (Phi) is 4.17. The highest BCUT2D eigenvalue weighted by atomic mass is 19.4. The lowest BCUT2D eigenvalue weighted by molar-refractivity contribution is -0.187. The molecule has 2 aliphatic heterocycles. The van der Waals surface area contributed by atoms with E-state index in [1.807, 2.05) is 4.90 Å². The quantitative estimate of drug-likeness (QED) is 0.594. The molecule has 4 heterocycles. The van der Waals surface area contributed by atoms with Gasteiger partial charge in [-0.05, 0) is 30.7 Å². The van der Waals surface area contributed by atoms with E-state index >= 15 is 0 Å². The van der Waals surface area contributed by atoms with E-state index in [0.29, 0.717) is 48.5 Å². The monoisotopic (exact) mass is 456 g/mol. The van der Waals surface area contributed by atoms with E-state index in [2.05, 4.69) is 21.3 Å². The van der Waals surface area contributed by atoms with Gasteiger partial charge in [0.25, 0.3) is 0 Å². The van der Waals surface area contributed by atoms with E-state index in [1.165, 1.54) is 0 Å². The average molecular weight is 456 g/mol. The summed E-state index contributed by atoms with van der Waals surface area (Å²) >= 11 is 0. The topological polar surface area (TPSA) is 91.3 Å². The minimum absolute atomic E-state index is 0.0277. The second-order valence-electron chi connectivity index (χ2n) is 8.83. The second kappa shape index (κ2) is 6.81. The minimum Gasteiger partial charge on any atom is -0.407 e. The normalized spacial score (nSPS) is 27.0. The van der Waals surface area contributed by atoms with Crippen molar-refractivity contribution >= 4 is 22.6 Å². The Balaban J connectivity index is 1.40. The third-order valence-electron chi connectivity index (χ3n) is 7.17. The Morgan fingerprint density at radius 1 is 1.06 bits per heavy atom. The summed E-state index contributed by atoms with van der Waals surface area (Å²) < 4.78 is 54.4. The predicted octanol–water partition coefficient (Wildman–Crippen LogP) is 3.04. The summed E-state index contributed by atoms with van der Waals surface area (Å²) in [6.07, 6.45) is -2.95. The number of anilines is 2. The van der Waals surface area contributed by atoms with E-state index < -0.39 is 17.0 Å². The van der Waals surface area contributed by atoms with Crippen molar-refractivity contribution in [3.8, 4) is 6.07 Å². The van der Waals surface area contributed by atoms with Gasteiger partial charge >= 0.3 is 12.2 Å². The highest BCUT2D eigenvalue weighted by molar-refractivity contribution is 5.95. The molecule has 2 atom stereocenters. The number of aromatic nitrogens is 3. The molecular formula is C22H19F3N6O2. The van der Waals surface area contributed by atoms with Crippen LogP contribution in [-0.4, -0.2) is 60.8 Å². The van der Waals surface area contributed by atoms with Gasteiger partial charge in [-0.3, -0.25) is 4.98 Å². The second-order valence-corrected chi connectivity index (χ2v) is 8.83. The van der Waals surface area contributed by atoms with E-state index in [1.54, 1.807) is 35.4 Å². The molecule has 0 amide bonds. The number of hydrogen-bond donors (Lipinski definition) is 0. The number of alkyl halides is 3. The zero-order valence-corrected chi connectivity index (χ0v) is 17.5. The summed E-state index contributed by atoms with van der Waals surface area (Å²) in [5, 5.41) is 18.2. The molecule has 6 rings (SSSR count). The van der Waals surface area contributed by atoms with E-state index in [4.69, 9.17) is 9.15 Å². The Hall–Kier alpha value is -3.39. The summed E-state index contributed by atoms with van der Waals surface area (Å²) in [7, 11) is 0. The lowest BCUT2D eigenvalue weighted by Crippen LogP contribution is -2.36. The van der Waals surface area contributed by atoms with Gasteiger partial charge in [-0.2, -0.15) is 18.4 Å². The Morgan fingerprint density at radius 2 is 1.88 bits per heavy atom. The molecule has 1 saturated carbocycles. The Labute approximate surface area is 186 Å². The SMILES string of the molecule is N#Cc1ccc(N2C[C@]3(c4nnc(N5CCOCC5)o4)C[C@]3(C(F)(F)F)C2)c2cccnc12. The van der Waals surface area contributed by atoms with Crippen LogP contribution in [0.15, 0.2) is 34.9 Å². The van der Waals surface area contributed by atoms with E-state index in [9.17, 15) is 18.4 Å². The van der Waals surface area contributed by atoms with Gasteiger partial charge in [0.2, 0.25) is 5.89 Å². The fourth-order valence-corrected chi connectivity index (χ4v) is 5.39. The molecule has 3 fully saturated rings. The summed E-state index contributed by atoms with van der Waals surface area (Å²) in [6.45, 7) is 1.98. The standard InChI is InChI=1S/C22H19F3N6O2/c23-22(24,25)21-11-20(21,18-28-29-19(33-18)30-6-8-32-9-7-30)12-31(13-21)16-4-3-14(10-26)17-15(16)2-1-5-27-17/h1-5H,6-9,11-13H2/t20-,21-/m0/s1. The van der Waals surface area contributed by atoms with Crippen molar-refractivity contribution in [3.05, 3.63) is 41.9 Å². The number of rotatable bonds is 3. The molecule has 11 heteroatoms. The molecule has 0 bridgehead atoms. The van der Waals surface area contributed by atoms with Crippen molar-refractivity contribution in [2.45, 2.75) is 18.0 Å². The molecule has 3 aromatic rings. The first-order valence-corrected chi connectivity index (χ1v) is 10.6. The average Bonchev–Trinajstić information content (AvgIpc) is 3.15. The molecule has 0 radical (unpaired) electrons. The first-order valence-electron chi connectivity index (χ1n) is 10.6. The number of benzene rings is 1. The van der Waals surface area contributed by atoms with E-state index in [0.717, 1.165) is 0 Å². The van der Waals surface area contributed by atoms with Gasteiger partial charge in [-0.15, -0.1) is 5.10 Å². The molecule has 0 unspecified atom stereocenters. The molecule has 0 N–H and O–H groups in total. The van der Waals surface area contributed by atoms with Crippen LogP contribution in [0.1, 0.15) is 17.9 Å². The molecule has 3 aliphatic rings. The van der Waals surface area contributed by atoms with Gasteiger partial charge in [0.15, 0.2) is 0 Å². The lowest BCUT2D eigenvalue weighted by Gasteiger charge is -2.25. The van der Waals surface area contributed by atoms with Gasteiger partial charge < -0.3 is 19.0 Å². The van der Waals surface area contributed by atoms with Crippen molar-refractivity contribution in [2.24, 2.45) is 5.41 Å². The van der Waals surface area contributed by atoms with Crippen LogP contribution in [-0.2, 0) is 10.2 Å². The smallest absolute Gasteiger partial charge is 0.397 e.